The number of amides is 1. The molecule has 0 unspecified atom stereocenters. The molecule has 0 fully saturated rings. The highest BCUT2D eigenvalue weighted by Gasteiger charge is 2.21. The summed E-state index contributed by atoms with van der Waals surface area (Å²) >= 11 is 0. The summed E-state index contributed by atoms with van der Waals surface area (Å²) < 4.78 is 1.80. The molecule has 35 heavy (non-hydrogen) atoms. The number of aromatic nitrogens is 4. The Bertz CT molecular complexity index is 1600. The molecule has 0 radical (unpaired) electrons. The molecule has 2 N–H and O–H groups in total. The van der Waals surface area contributed by atoms with Crippen molar-refractivity contribution in [3.8, 4) is 22.9 Å². The van der Waals surface area contributed by atoms with Crippen LogP contribution in [0.15, 0.2) is 79.4 Å². The van der Waals surface area contributed by atoms with E-state index in [2.05, 4.69) is 32.5 Å². The molecule has 0 saturated heterocycles. The molecule has 3 aromatic heterocycles. The highest BCUT2D eigenvalue weighted by Crippen LogP contribution is 2.26. The average Bonchev–Trinajstić information content (AvgIpc) is 3.54. The lowest BCUT2D eigenvalue weighted by atomic mass is 9.85. The number of carbonyl (C=O) groups excluding carboxylic acids is 1. The van der Waals surface area contributed by atoms with Gasteiger partial charge in [0.1, 0.15) is 5.65 Å². The van der Waals surface area contributed by atoms with Gasteiger partial charge >= 0.3 is 0 Å². The molecule has 0 aliphatic rings. The van der Waals surface area contributed by atoms with Gasteiger partial charge in [0, 0.05) is 46.4 Å². The Morgan fingerprint density at radius 2 is 1.94 bits per heavy atom. The number of nitrogens with one attached hydrogen (secondary N) is 2. The molecule has 0 aliphatic heterocycles. The molecule has 7 heteroatoms. The Labute approximate surface area is 203 Å². The number of carbonyl (C=O) groups is 1. The maximum absolute atomic E-state index is 13.0. The summed E-state index contributed by atoms with van der Waals surface area (Å²) in [4.78, 5) is 20.5. The van der Waals surface area contributed by atoms with Crippen LogP contribution < -0.4 is 5.32 Å². The monoisotopic (exact) mass is 460 g/mol. The highest BCUT2D eigenvalue weighted by molar-refractivity contribution is 6.04. The van der Waals surface area contributed by atoms with Gasteiger partial charge in [-0.2, -0.15) is 10.4 Å². The van der Waals surface area contributed by atoms with Crippen molar-refractivity contribution in [3.63, 3.8) is 0 Å². The number of aromatic amines is 1. The molecular formula is C28H24N6O. The number of benzene rings is 2. The Morgan fingerprint density at radius 1 is 1.09 bits per heavy atom. The Morgan fingerprint density at radius 3 is 2.77 bits per heavy atom. The van der Waals surface area contributed by atoms with E-state index in [1.807, 2.05) is 75.9 Å². The van der Waals surface area contributed by atoms with Crippen LogP contribution in [-0.4, -0.2) is 25.7 Å². The van der Waals surface area contributed by atoms with Gasteiger partial charge in [0.2, 0.25) is 0 Å². The van der Waals surface area contributed by atoms with Crippen LogP contribution in [0.1, 0.15) is 35.3 Å². The SMILES string of the molecule is Cc1ccc(NC(=O)c2cccc(C(C)(C)C#N)c2)cc1-n1cc(-c2cnc3[nH]ccc3c2)cn1. The molecule has 0 spiro atoms. The molecule has 1 amide bonds. The van der Waals surface area contributed by atoms with Gasteiger partial charge in [0.15, 0.2) is 0 Å². The average molecular weight is 461 g/mol. The first kappa shape index (κ1) is 22.1. The summed E-state index contributed by atoms with van der Waals surface area (Å²) in [5.41, 5.74) is 5.95. The van der Waals surface area contributed by atoms with Gasteiger partial charge < -0.3 is 10.3 Å². The summed E-state index contributed by atoms with van der Waals surface area (Å²) in [7, 11) is 0. The number of rotatable bonds is 5. The van der Waals surface area contributed by atoms with Gasteiger partial charge in [-0.05, 0) is 68.3 Å². The van der Waals surface area contributed by atoms with E-state index in [1.165, 1.54) is 0 Å². The Balaban J connectivity index is 1.40. The fourth-order valence-corrected chi connectivity index (χ4v) is 3.95. The van der Waals surface area contributed by atoms with Gasteiger partial charge in [0.25, 0.3) is 5.91 Å². The van der Waals surface area contributed by atoms with Gasteiger partial charge in [-0.25, -0.2) is 9.67 Å². The molecule has 0 bridgehead atoms. The first-order chi connectivity index (χ1) is 16.8. The largest absolute Gasteiger partial charge is 0.346 e. The maximum atomic E-state index is 13.0. The molecule has 7 nitrogen and oxygen atoms in total. The van der Waals surface area contributed by atoms with E-state index in [-0.39, 0.29) is 5.91 Å². The summed E-state index contributed by atoms with van der Waals surface area (Å²) in [5.74, 6) is -0.234. The number of hydrogen-bond acceptors (Lipinski definition) is 4. The number of anilines is 1. The predicted molar refractivity (Wildman–Crippen MR) is 136 cm³/mol. The van der Waals surface area contributed by atoms with Crippen molar-refractivity contribution >= 4 is 22.6 Å². The van der Waals surface area contributed by atoms with Gasteiger partial charge in [-0.1, -0.05) is 18.2 Å². The van der Waals surface area contributed by atoms with E-state index in [1.54, 1.807) is 22.9 Å². The molecular weight excluding hydrogens is 436 g/mol. The lowest BCUT2D eigenvalue weighted by Crippen LogP contribution is -2.17. The number of pyridine rings is 1. The normalized spacial score (nSPS) is 11.4. The van der Waals surface area contributed by atoms with Crippen molar-refractivity contribution < 1.29 is 4.79 Å². The van der Waals surface area contributed by atoms with Gasteiger partial charge in [0.05, 0.1) is 23.4 Å². The lowest BCUT2D eigenvalue weighted by Gasteiger charge is -2.16. The van der Waals surface area contributed by atoms with Crippen LogP contribution in [-0.2, 0) is 5.41 Å². The summed E-state index contributed by atoms with van der Waals surface area (Å²) in [6, 6.07) is 19.2. The molecule has 0 saturated carbocycles. The van der Waals surface area contributed by atoms with Crippen molar-refractivity contribution in [2.24, 2.45) is 0 Å². The number of hydrogen-bond donors (Lipinski definition) is 2. The standard InChI is InChI=1S/C28H24N6O/c1-18-7-8-24(33-27(35)20-5-4-6-23(12-20)28(2,3)17-29)13-25(18)34-16-22(15-32-34)21-11-19-9-10-30-26(19)31-14-21/h4-16H,1-3H3,(H,30,31)(H,33,35). The zero-order valence-corrected chi connectivity index (χ0v) is 19.7. The van der Waals surface area contributed by atoms with E-state index < -0.39 is 5.41 Å². The van der Waals surface area contributed by atoms with E-state index in [0.29, 0.717) is 11.3 Å². The van der Waals surface area contributed by atoms with Crippen LogP contribution in [0.2, 0.25) is 0 Å². The van der Waals surface area contributed by atoms with Crippen LogP contribution in [0.25, 0.3) is 27.8 Å². The smallest absolute Gasteiger partial charge is 0.255 e. The first-order valence-corrected chi connectivity index (χ1v) is 11.3. The quantitative estimate of drug-likeness (QED) is 0.347. The van der Waals surface area contributed by atoms with Crippen LogP contribution in [0.5, 0.6) is 0 Å². The van der Waals surface area contributed by atoms with Crippen molar-refractivity contribution in [2.45, 2.75) is 26.2 Å². The number of fused-ring (bicyclic) bond motifs is 1. The third-order valence-electron chi connectivity index (χ3n) is 6.16. The van der Waals surface area contributed by atoms with E-state index >= 15 is 0 Å². The van der Waals surface area contributed by atoms with E-state index in [0.717, 1.165) is 39.0 Å². The molecule has 5 aromatic rings. The molecule has 3 heterocycles. The number of nitriles is 1. The van der Waals surface area contributed by atoms with Crippen LogP contribution in [0.4, 0.5) is 5.69 Å². The second-order valence-corrected chi connectivity index (χ2v) is 9.09. The van der Waals surface area contributed by atoms with Crippen LogP contribution in [0.3, 0.4) is 0 Å². The third-order valence-corrected chi connectivity index (χ3v) is 6.16. The summed E-state index contributed by atoms with van der Waals surface area (Å²) in [5, 5.41) is 18.0. The molecule has 5 rings (SSSR count). The van der Waals surface area contributed by atoms with Crippen molar-refractivity contribution in [1.29, 1.82) is 5.26 Å². The maximum Gasteiger partial charge on any atom is 0.255 e. The molecule has 2 aromatic carbocycles. The predicted octanol–water partition coefficient (Wildman–Crippen LogP) is 5.78. The van der Waals surface area contributed by atoms with E-state index in [9.17, 15) is 10.1 Å². The number of H-pyrrole nitrogens is 1. The van der Waals surface area contributed by atoms with E-state index in [4.69, 9.17) is 0 Å². The minimum absolute atomic E-state index is 0.234. The number of aryl methyl sites for hydroxylation is 1. The lowest BCUT2D eigenvalue weighted by molar-refractivity contribution is 0.102. The summed E-state index contributed by atoms with van der Waals surface area (Å²) in [6.45, 7) is 5.67. The minimum atomic E-state index is -0.674. The molecule has 172 valence electrons. The van der Waals surface area contributed by atoms with Crippen molar-refractivity contribution in [3.05, 3.63) is 96.1 Å². The second kappa shape index (κ2) is 8.58. The Kier molecular flexibility index (Phi) is 5.42. The van der Waals surface area contributed by atoms with Crippen LogP contribution in [0, 0.1) is 18.3 Å². The Hall–Kier alpha value is -4.70. The third kappa shape index (κ3) is 4.30. The fourth-order valence-electron chi connectivity index (χ4n) is 3.95. The van der Waals surface area contributed by atoms with Crippen molar-refractivity contribution in [1.82, 2.24) is 19.7 Å². The van der Waals surface area contributed by atoms with Crippen molar-refractivity contribution in [2.75, 3.05) is 5.32 Å². The topological polar surface area (TPSA) is 99.4 Å². The first-order valence-electron chi connectivity index (χ1n) is 11.3. The van der Waals surface area contributed by atoms with Gasteiger partial charge in [-0.3, -0.25) is 4.79 Å². The summed E-state index contributed by atoms with van der Waals surface area (Å²) in [6.07, 6.45) is 7.46. The highest BCUT2D eigenvalue weighted by atomic mass is 16.1. The zero-order chi connectivity index (χ0) is 24.6. The zero-order valence-electron chi connectivity index (χ0n) is 19.7. The molecule has 0 aliphatic carbocycles. The number of nitrogens with zero attached hydrogens (tertiary/aromatic N) is 4. The minimum Gasteiger partial charge on any atom is -0.346 e. The fraction of sp³-hybridized carbons (Fsp3) is 0.143. The second-order valence-electron chi connectivity index (χ2n) is 9.09. The van der Waals surface area contributed by atoms with Gasteiger partial charge in [-0.15, -0.1) is 0 Å². The van der Waals surface area contributed by atoms with Crippen LogP contribution >= 0.6 is 0 Å². The molecule has 0 atom stereocenters.